The van der Waals surface area contributed by atoms with Gasteiger partial charge in [-0.3, -0.25) is 0 Å². The zero-order chi connectivity index (χ0) is 20.0. The molecule has 0 amide bonds. The molecule has 2 heterocycles. The van der Waals surface area contributed by atoms with E-state index in [2.05, 4.69) is 48.1 Å². The molecular formula is C21H32IN5O2. The van der Waals surface area contributed by atoms with E-state index in [1.165, 1.54) is 0 Å². The molecule has 7 nitrogen and oxygen atoms in total. The van der Waals surface area contributed by atoms with Crippen molar-refractivity contribution in [2.24, 2.45) is 4.99 Å². The summed E-state index contributed by atoms with van der Waals surface area (Å²) in [7, 11) is 0. The second kappa shape index (κ2) is 10.8. The molecule has 0 unspecified atom stereocenters. The van der Waals surface area contributed by atoms with Gasteiger partial charge in [0.1, 0.15) is 18.4 Å². The number of piperidine rings is 1. The zero-order valence-electron chi connectivity index (χ0n) is 17.7. The number of nitrogens with zero attached hydrogens (tertiary/aromatic N) is 4. The van der Waals surface area contributed by atoms with E-state index in [9.17, 15) is 0 Å². The molecule has 0 atom stereocenters. The average Bonchev–Trinajstić information content (AvgIpc) is 3.16. The number of halogens is 1. The van der Waals surface area contributed by atoms with Crippen molar-refractivity contribution < 1.29 is 9.26 Å². The quantitative estimate of drug-likeness (QED) is 0.370. The van der Waals surface area contributed by atoms with E-state index in [0.717, 1.165) is 44.2 Å². The third-order valence-corrected chi connectivity index (χ3v) is 4.60. The van der Waals surface area contributed by atoms with Crippen LogP contribution in [-0.2, 0) is 12.0 Å². The van der Waals surface area contributed by atoms with Crippen LogP contribution >= 0.6 is 24.0 Å². The smallest absolute Gasteiger partial charge is 0.232 e. The molecule has 0 bridgehead atoms. The predicted molar refractivity (Wildman–Crippen MR) is 125 cm³/mol. The molecule has 0 radical (unpaired) electrons. The van der Waals surface area contributed by atoms with E-state index < -0.39 is 0 Å². The number of rotatable bonds is 5. The van der Waals surface area contributed by atoms with Crippen LogP contribution in [0.5, 0.6) is 5.75 Å². The van der Waals surface area contributed by atoms with Crippen molar-refractivity contribution in [2.75, 3.05) is 19.6 Å². The molecule has 0 aliphatic carbocycles. The number of aliphatic imine (C=N–C) groups is 1. The largest absolute Gasteiger partial charge is 0.490 e. The number of likely N-dealkylation sites (tertiary alicyclic amines) is 1. The van der Waals surface area contributed by atoms with Crippen LogP contribution in [0.4, 0.5) is 0 Å². The maximum absolute atomic E-state index is 6.09. The average molecular weight is 513 g/mol. The van der Waals surface area contributed by atoms with Gasteiger partial charge in [-0.2, -0.15) is 4.98 Å². The SMILES string of the molecule is CCNC(=NCc1noc(C(C)(C)C)n1)N1CCC(Oc2ccccc2)CC1.I. The van der Waals surface area contributed by atoms with Crippen LogP contribution in [-0.4, -0.2) is 46.7 Å². The zero-order valence-corrected chi connectivity index (χ0v) is 20.1. The van der Waals surface area contributed by atoms with Crippen LogP contribution in [0, 0.1) is 0 Å². The molecule has 1 N–H and O–H groups in total. The fourth-order valence-corrected chi connectivity index (χ4v) is 3.07. The van der Waals surface area contributed by atoms with E-state index in [4.69, 9.17) is 14.3 Å². The summed E-state index contributed by atoms with van der Waals surface area (Å²) < 4.78 is 11.4. The first-order chi connectivity index (χ1) is 13.5. The summed E-state index contributed by atoms with van der Waals surface area (Å²) in [5, 5.41) is 7.43. The highest BCUT2D eigenvalue weighted by Gasteiger charge is 2.24. The minimum absolute atomic E-state index is 0. The first kappa shape index (κ1) is 23.4. The molecule has 1 saturated heterocycles. The van der Waals surface area contributed by atoms with Gasteiger partial charge in [0.05, 0.1) is 0 Å². The van der Waals surface area contributed by atoms with E-state index in [1.807, 2.05) is 30.3 Å². The van der Waals surface area contributed by atoms with Gasteiger partial charge >= 0.3 is 0 Å². The molecule has 1 aliphatic rings. The number of ether oxygens (including phenoxy) is 1. The van der Waals surface area contributed by atoms with E-state index in [-0.39, 0.29) is 35.5 Å². The minimum atomic E-state index is -0.153. The van der Waals surface area contributed by atoms with Gasteiger partial charge in [-0.25, -0.2) is 4.99 Å². The third-order valence-electron chi connectivity index (χ3n) is 4.60. The van der Waals surface area contributed by atoms with Crippen molar-refractivity contribution in [3.8, 4) is 5.75 Å². The number of aromatic nitrogens is 2. The topological polar surface area (TPSA) is 75.8 Å². The molecule has 1 aliphatic heterocycles. The van der Waals surface area contributed by atoms with Crippen LogP contribution in [0.2, 0.25) is 0 Å². The van der Waals surface area contributed by atoms with Gasteiger partial charge in [0.2, 0.25) is 5.89 Å². The lowest BCUT2D eigenvalue weighted by atomic mass is 9.97. The number of hydrogen-bond acceptors (Lipinski definition) is 5. The Kier molecular flexibility index (Phi) is 8.73. The maximum atomic E-state index is 6.09. The van der Waals surface area contributed by atoms with Crippen molar-refractivity contribution in [3.05, 3.63) is 42.0 Å². The van der Waals surface area contributed by atoms with E-state index in [1.54, 1.807) is 0 Å². The highest BCUT2D eigenvalue weighted by Crippen LogP contribution is 2.20. The summed E-state index contributed by atoms with van der Waals surface area (Å²) in [5.74, 6) is 3.08. The number of para-hydroxylation sites is 1. The monoisotopic (exact) mass is 513 g/mol. The highest BCUT2D eigenvalue weighted by atomic mass is 127. The van der Waals surface area contributed by atoms with Gasteiger partial charge in [-0.15, -0.1) is 24.0 Å². The molecule has 8 heteroatoms. The van der Waals surface area contributed by atoms with Crippen molar-refractivity contribution in [3.63, 3.8) is 0 Å². The first-order valence-corrected chi connectivity index (χ1v) is 10.0. The molecule has 0 saturated carbocycles. The number of hydrogen-bond donors (Lipinski definition) is 1. The number of nitrogens with one attached hydrogen (secondary N) is 1. The van der Waals surface area contributed by atoms with Gasteiger partial charge in [0, 0.05) is 37.9 Å². The van der Waals surface area contributed by atoms with E-state index >= 15 is 0 Å². The van der Waals surface area contributed by atoms with Crippen molar-refractivity contribution >= 4 is 29.9 Å². The van der Waals surface area contributed by atoms with Crippen LogP contribution in [0.25, 0.3) is 0 Å². The summed E-state index contributed by atoms with van der Waals surface area (Å²) in [6, 6.07) is 10.0. The fourth-order valence-electron chi connectivity index (χ4n) is 3.07. The summed E-state index contributed by atoms with van der Waals surface area (Å²) in [6.45, 7) is 11.3. The second-order valence-corrected chi connectivity index (χ2v) is 8.05. The van der Waals surface area contributed by atoms with Crippen LogP contribution < -0.4 is 10.1 Å². The Balaban J connectivity index is 0.00000300. The van der Waals surface area contributed by atoms with Gasteiger partial charge in [0.15, 0.2) is 11.8 Å². The Morgan fingerprint density at radius 1 is 1.24 bits per heavy atom. The van der Waals surface area contributed by atoms with E-state index in [0.29, 0.717) is 18.3 Å². The van der Waals surface area contributed by atoms with Crippen LogP contribution in [0.3, 0.4) is 0 Å². The molecule has 1 aromatic heterocycles. The Morgan fingerprint density at radius 2 is 1.93 bits per heavy atom. The lowest BCUT2D eigenvalue weighted by Gasteiger charge is -2.34. The summed E-state index contributed by atoms with van der Waals surface area (Å²) in [4.78, 5) is 11.5. The van der Waals surface area contributed by atoms with Crippen molar-refractivity contribution in [1.29, 1.82) is 0 Å². The number of guanidine groups is 1. The van der Waals surface area contributed by atoms with Gasteiger partial charge in [-0.1, -0.05) is 44.1 Å². The molecule has 1 aromatic carbocycles. The Hall–Kier alpha value is -1.84. The minimum Gasteiger partial charge on any atom is -0.490 e. The molecular weight excluding hydrogens is 481 g/mol. The number of benzene rings is 1. The second-order valence-electron chi connectivity index (χ2n) is 8.05. The molecule has 0 spiro atoms. The molecule has 29 heavy (non-hydrogen) atoms. The van der Waals surface area contributed by atoms with Gasteiger partial charge in [0.25, 0.3) is 0 Å². The lowest BCUT2D eigenvalue weighted by Crippen LogP contribution is -2.47. The Morgan fingerprint density at radius 3 is 2.52 bits per heavy atom. The standard InChI is InChI=1S/C21H31N5O2.HI/c1-5-22-20(23-15-18-24-19(28-25-18)21(2,3)4)26-13-11-17(12-14-26)27-16-9-7-6-8-10-16;/h6-10,17H,5,11-15H2,1-4H3,(H,22,23);1H. The van der Waals surface area contributed by atoms with Crippen LogP contribution in [0.15, 0.2) is 39.8 Å². The normalized spacial score (nSPS) is 15.7. The maximum Gasteiger partial charge on any atom is 0.232 e. The van der Waals surface area contributed by atoms with Gasteiger partial charge < -0.3 is 19.5 Å². The Bertz CT molecular complexity index is 765. The molecule has 160 valence electrons. The summed E-state index contributed by atoms with van der Waals surface area (Å²) in [6.07, 6.45) is 2.18. The first-order valence-electron chi connectivity index (χ1n) is 10.0. The molecule has 3 rings (SSSR count). The molecule has 1 fully saturated rings. The summed E-state index contributed by atoms with van der Waals surface area (Å²) >= 11 is 0. The fraction of sp³-hybridized carbons (Fsp3) is 0.571. The Labute approximate surface area is 190 Å². The lowest BCUT2D eigenvalue weighted by molar-refractivity contribution is 0.129. The highest BCUT2D eigenvalue weighted by molar-refractivity contribution is 14.0. The third kappa shape index (κ3) is 6.87. The van der Waals surface area contributed by atoms with Crippen molar-refractivity contribution in [2.45, 2.75) is 58.6 Å². The van der Waals surface area contributed by atoms with Crippen LogP contribution in [0.1, 0.15) is 52.3 Å². The van der Waals surface area contributed by atoms with Crippen molar-refractivity contribution in [1.82, 2.24) is 20.4 Å². The predicted octanol–water partition coefficient (Wildman–Crippen LogP) is 3.99. The van der Waals surface area contributed by atoms with Gasteiger partial charge in [-0.05, 0) is 19.1 Å². The molecule has 2 aromatic rings. The summed E-state index contributed by atoms with van der Waals surface area (Å²) in [5.41, 5.74) is -0.153.